The van der Waals surface area contributed by atoms with Crippen molar-refractivity contribution in [2.75, 3.05) is 17.6 Å². The molecule has 0 aliphatic carbocycles. The van der Waals surface area contributed by atoms with Gasteiger partial charge in [0.25, 0.3) is 5.56 Å². The van der Waals surface area contributed by atoms with Crippen molar-refractivity contribution in [3.05, 3.63) is 118 Å². The molecule has 0 radical (unpaired) electrons. The molecular formula is C29H21N7O. The van der Waals surface area contributed by atoms with Crippen LogP contribution in [0.3, 0.4) is 0 Å². The third-order valence-electron chi connectivity index (χ3n) is 5.73. The first-order chi connectivity index (χ1) is 18.2. The minimum Gasteiger partial charge on any atom is -0.382 e. The Hall–Kier alpha value is -5.47. The fraction of sp³-hybridized carbons (Fsp3) is 0.0690. The molecule has 0 aliphatic heterocycles. The Morgan fingerprint density at radius 3 is 2.43 bits per heavy atom. The van der Waals surface area contributed by atoms with Gasteiger partial charge < -0.3 is 11.1 Å². The molecule has 2 heterocycles. The van der Waals surface area contributed by atoms with Crippen LogP contribution in [0.1, 0.15) is 22.5 Å². The average Bonchev–Trinajstić information content (AvgIpc) is 2.93. The lowest BCUT2D eigenvalue weighted by molar-refractivity contribution is 0.809. The van der Waals surface area contributed by atoms with Gasteiger partial charge in [0.15, 0.2) is 0 Å². The predicted octanol–water partition coefficient (Wildman–Crippen LogP) is 3.68. The Bertz CT molecular complexity index is 1750. The lowest BCUT2D eigenvalue weighted by atomic mass is 10.1. The van der Waals surface area contributed by atoms with Crippen LogP contribution in [0.4, 0.5) is 11.6 Å². The molecule has 0 aliphatic rings. The summed E-state index contributed by atoms with van der Waals surface area (Å²) in [5.74, 6) is 7.47. The van der Waals surface area contributed by atoms with Gasteiger partial charge in [-0.3, -0.25) is 9.36 Å². The molecule has 3 N–H and O–H groups in total. The zero-order valence-corrected chi connectivity index (χ0v) is 19.7. The van der Waals surface area contributed by atoms with Crippen molar-refractivity contribution in [1.29, 1.82) is 5.26 Å². The van der Waals surface area contributed by atoms with E-state index in [4.69, 9.17) is 10.7 Å². The molecule has 0 unspecified atom stereocenters. The summed E-state index contributed by atoms with van der Waals surface area (Å²) in [6, 6.07) is 26.0. The Kier molecular flexibility index (Phi) is 6.56. The molecule has 0 saturated carbocycles. The first kappa shape index (κ1) is 23.3. The van der Waals surface area contributed by atoms with E-state index in [2.05, 4.69) is 33.2 Å². The van der Waals surface area contributed by atoms with E-state index in [1.165, 1.54) is 6.33 Å². The molecule has 0 amide bonds. The number of hydrogen-bond donors (Lipinski definition) is 2. The Morgan fingerprint density at radius 2 is 1.68 bits per heavy atom. The summed E-state index contributed by atoms with van der Waals surface area (Å²) < 4.78 is 1.55. The van der Waals surface area contributed by atoms with E-state index in [1.54, 1.807) is 22.8 Å². The third-order valence-corrected chi connectivity index (χ3v) is 5.73. The molecule has 0 saturated heterocycles. The highest BCUT2D eigenvalue weighted by Crippen LogP contribution is 2.18. The molecule has 8 nitrogen and oxygen atoms in total. The number of para-hydroxylation sites is 1. The van der Waals surface area contributed by atoms with Gasteiger partial charge >= 0.3 is 0 Å². The summed E-state index contributed by atoms with van der Waals surface area (Å²) in [6.45, 7) is 0.402. The van der Waals surface area contributed by atoms with Crippen LogP contribution in [0.15, 0.2) is 90.0 Å². The van der Waals surface area contributed by atoms with Crippen molar-refractivity contribution < 1.29 is 0 Å². The topological polar surface area (TPSA) is 123 Å². The summed E-state index contributed by atoms with van der Waals surface area (Å²) in [6.07, 6.45) is 1.77. The van der Waals surface area contributed by atoms with Crippen molar-refractivity contribution in [2.24, 2.45) is 0 Å². The normalized spacial score (nSPS) is 10.4. The van der Waals surface area contributed by atoms with Crippen LogP contribution in [-0.2, 0) is 6.42 Å². The van der Waals surface area contributed by atoms with Gasteiger partial charge in [0.2, 0.25) is 0 Å². The number of nitrogen functional groups attached to an aromatic ring is 1. The van der Waals surface area contributed by atoms with Crippen molar-refractivity contribution in [3.63, 3.8) is 0 Å². The smallest absolute Gasteiger partial charge is 0.267 e. The van der Waals surface area contributed by atoms with Crippen molar-refractivity contribution in [1.82, 2.24) is 19.5 Å². The minimum absolute atomic E-state index is 0.273. The molecule has 5 rings (SSSR count). The van der Waals surface area contributed by atoms with E-state index < -0.39 is 0 Å². The van der Waals surface area contributed by atoms with Crippen molar-refractivity contribution in [3.8, 4) is 23.6 Å². The maximum atomic E-state index is 13.6. The summed E-state index contributed by atoms with van der Waals surface area (Å²) in [4.78, 5) is 26.7. The summed E-state index contributed by atoms with van der Waals surface area (Å²) >= 11 is 0. The van der Waals surface area contributed by atoms with E-state index in [-0.39, 0.29) is 11.4 Å². The molecule has 0 spiro atoms. The van der Waals surface area contributed by atoms with Gasteiger partial charge in [-0.1, -0.05) is 54.3 Å². The number of fused-ring (bicyclic) bond motifs is 1. The third kappa shape index (κ3) is 4.86. The summed E-state index contributed by atoms with van der Waals surface area (Å²) in [5.41, 5.74) is 8.60. The Morgan fingerprint density at radius 1 is 0.919 bits per heavy atom. The van der Waals surface area contributed by atoms with Gasteiger partial charge in [0.05, 0.1) is 22.2 Å². The highest BCUT2D eigenvalue weighted by atomic mass is 16.1. The fourth-order valence-electron chi connectivity index (χ4n) is 3.99. The quantitative estimate of drug-likeness (QED) is 0.366. The molecular weight excluding hydrogens is 462 g/mol. The lowest BCUT2D eigenvalue weighted by Crippen LogP contribution is -2.26. The molecule has 0 atom stereocenters. The van der Waals surface area contributed by atoms with Crippen LogP contribution in [0.2, 0.25) is 0 Å². The Labute approximate surface area is 213 Å². The molecule has 0 bridgehead atoms. The second-order valence-electron chi connectivity index (χ2n) is 8.09. The lowest BCUT2D eigenvalue weighted by Gasteiger charge is -2.15. The van der Waals surface area contributed by atoms with E-state index in [9.17, 15) is 10.1 Å². The fourth-order valence-corrected chi connectivity index (χ4v) is 3.99. The molecule has 0 fully saturated rings. The first-order valence-corrected chi connectivity index (χ1v) is 11.6. The summed E-state index contributed by atoms with van der Waals surface area (Å²) in [5, 5.41) is 13.1. The molecule has 37 heavy (non-hydrogen) atoms. The van der Waals surface area contributed by atoms with Gasteiger partial charge in [-0.15, -0.1) is 0 Å². The SMILES string of the molecule is N#Cc1cccc2nc(CCNc3ncnc(N)c3C#Cc3ccccc3)n(-c3ccccc3)c(=O)c12. The van der Waals surface area contributed by atoms with Crippen LogP contribution >= 0.6 is 0 Å². The highest BCUT2D eigenvalue weighted by molar-refractivity contribution is 5.84. The Balaban J connectivity index is 1.49. The minimum atomic E-state index is -0.288. The number of aromatic nitrogens is 4. The molecule has 3 aromatic carbocycles. The highest BCUT2D eigenvalue weighted by Gasteiger charge is 2.16. The number of anilines is 2. The second-order valence-corrected chi connectivity index (χ2v) is 8.09. The molecule has 5 aromatic rings. The van der Waals surface area contributed by atoms with Crippen LogP contribution in [0, 0.1) is 23.2 Å². The van der Waals surface area contributed by atoms with E-state index in [1.807, 2.05) is 60.7 Å². The number of nitrogens with two attached hydrogens (primary N) is 1. The molecule has 178 valence electrons. The van der Waals surface area contributed by atoms with Crippen molar-refractivity contribution in [2.45, 2.75) is 6.42 Å². The van der Waals surface area contributed by atoms with Gasteiger partial charge in [0.1, 0.15) is 35.4 Å². The zero-order valence-electron chi connectivity index (χ0n) is 19.7. The maximum Gasteiger partial charge on any atom is 0.267 e. The zero-order chi connectivity index (χ0) is 25.6. The molecule has 2 aromatic heterocycles. The van der Waals surface area contributed by atoms with E-state index in [0.29, 0.717) is 52.3 Å². The van der Waals surface area contributed by atoms with Gasteiger partial charge in [-0.2, -0.15) is 5.26 Å². The molecule has 8 heteroatoms. The number of hydrogen-bond acceptors (Lipinski definition) is 7. The summed E-state index contributed by atoms with van der Waals surface area (Å²) in [7, 11) is 0. The van der Waals surface area contributed by atoms with Crippen LogP contribution in [-0.4, -0.2) is 26.1 Å². The number of nitrogens with zero attached hydrogens (tertiary/aromatic N) is 5. The second kappa shape index (κ2) is 10.4. The monoisotopic (exact) mass is 483 g/mol. The predicted molar refractivity (Wildman–Crippen MR) is 143 cm³/mol. The van der Waals surface area contributed by atoms with Crippen molar-refractivity contribution >= 4 is 22.5 Å². The average molecular weight is 484 g/mol. The number of benzene rings is 3. The number of nitriles is 1. The van der Waals surface area contributed by atoms with E-state index >= 15 is 0 Å². The van der Waals surface area contributed by atoms with Gasteiger partial charge in [-0.25, -0.2) is 15.0 Å². The number of rotatable bonds is 5. The largest absolute Gasteiger partial charge is 0.382 e. The first-order valence-electron chi connectivity index (χ1n) is 11.6. The number of nitrogens with one attached hydrogen (secondary N) is 1. The van der Waals surface area contributed by atoms with Crippen LogP contribution in [0.5, 0.6) is 0 Å². The van der Waals surface area contributed by atoms with Crippen LogP contribution < -0.4 is 16.6 Å². The van der Waals surface area contributed by atoms with Crippen LogP contribution in [0.25, 0.3) is 16.6 Å². The maximum absolute atomic E-state index is 13.6. The standard InChI is InChI=1S/C29H21N7O/c30-18-21-10-7-13-24-26(21)29(37)36(22-11-5-2-6-12-22)25(35-24)16-17-32-28-23(27(31)33-19-34-28)15-14-20-8-3-1-4-9-20/h1-13,19H,16-17H2,(H3,31,32,33,34). The van der Waals surface area contributed by atoms with E-state index in [0.717, 1.165) is 5.56 Å². The van der Waals surface area contributed by atoms with Gasteiger partial charge in [0, 0.05) is 18.5 Å². The van der Waals surface area contributed by atoms with Gasteiger partial charge in [-0.05, 0) is 36.4 Å².